The van der Waals surface area contributed by atoms with Crippen LogP contribution >= 0.6 is 0 Å². The predicted octanol–water partition coefficient (Wildman–Crippen LogP) is 7.71. The van der Waals surface area contributed by atoms with Gasteiger partial charge in [0.05, 0.1) is 11.9 Å². The van der Waals surface area contributed by atoms with Crippen molar-refractivity contribution in [3.8, 4) is 17.2 Å². The number of hydrogen-bond acceptors (Lipinski definition) is 5. The Labute approximate surface area is 237 Å². The van der Waals surface area contributed by atoms with Crippen LogP contribution in [0.1, 0.15) is 30.0 Å². The first-order valence-electron chi connectivity index (χ1n) is 13.3. The molecule has 0 saturated carbocycles. The number of sulfonamides is 1. The predicted molar refractivity (Wildman–Crippen MR) is 164 cm³/mol. The highest BCUT2D eigenvalue weighted by atomic mass is 32.2. The van der Waals surface area contributed by atoms with Crippen molar-refractivity contribution < 1.29 is 17.9 Å². The van der Waals surface area contributed by atoms with E-state index in [1.165, 1.54) is 6.26 Å². The number of benzene rings is 4. The summed E-state index contributed by atoms with van der Waals surface area (Å²) in [5, 5.41) is 0. The Morgan fingerprint density at radius 3 is 2.15 bits per heavy atom. The molecule has 208 valence electrons. The fourth-order valence-electron chi connectivity index (χ4n) is 4.33. The van der Waals surface area contributed by atoms with E-state index in [4.69, 9.17) is 9.47 Å². The lowest BCUT2D eigenvalue weighted by Crippen LogP contribution is -2.23. The molecular weight excluding hydrogens is 520 g/mol. The lowest BCUT2D eigenvalue weighted by Gasteiger charge is -2.28. The van der Waals surface area contributed by atoms with Gasteiger partial charge in [0.25, 0.3) is 0 Å². The van der Waals surface area contributed by atoms with E-state index in [1.54, 1.807) is 6.07 Å². The molecule has 0 spiro atoms. The highest BCUT2D eigenvalue weighted by Crippen LogP contribution is 2.31. The van der Waals surface area contributed by atoms with Gasteiger partial charge in [-0.1, -0.05) is 73.7 Å². The maximum absolute atomic E-state index is 11.9. The molecule has 0 atom stereocenters. The van der Waals surface area contributed by atoms with Gasteiger partial charge in [-0.2, -0.15) is 0 Å². The summed E-state index contributed by atoms with van der Waals surface area (Å²) in [6.07, 6.45) is 6.23. The Hall–Kier alpha value is -4.23. The van der Waals surface area contributed by atoms with Gasteiger partial charge < -0.3 is 14.4 Å². The van der Waals surface area contributed by atoms with Crippen LogP contribution in [0.25, 0.3) is 0 Å². The van der Waals surface area contributed by atoms with E-state index in [9.17, 15) is 8.42 Å². The van der Waals surface area contributed by atoms with Gasteiger partial charge in [0.15, 0.2) is 0 Å². The normalized spacial score (nSPS) is 11.4. The summed E-state index contributed by atoms with van der Waals surface area (Å²) in [6, 6.07) is 31.6. The summed E-state index contributed by atoms with van der Waals surface area (Å²) >= 11 is 0. The quantitative estimate of drug-likeness (QED) is 0.171. The maximum atomic E-state index is 11.9. The number of ether oxygens (including phenoxy) is 2. The Morgan fingerprint density at radius 1 is 0.775 bits per heavy atom. The summed E-state index contributed by atoms with van der Waals surface area (Å²) < 4.78 is 38.4. The van der Waals surface area contributed by atoms with Crippen molar-refractivity contribution in [3.63, 3.8) is 0 Å². The van der Waals surface area contributed by atoms with Crippen LogP contribution in [-0.2, 0) is 23.1 Å². The number of allylic oxidation sites excluding steroid dienone is 1. The lowest BCUT2D eigenvalue weighted by molar-refractivity contribution is 0.360. The van der Waals surface area contributed by atoms with Crippen LogP contribution < -0.4 is 19.1 Å². The van der Waals surface area contributed by atoms with Crippen LogP contribution in [0.4, 0.5) is 11.4 Å². The Morgan fingerprint density at radius 2 is 1.45 bits per heavy atom. The molecule has 7 heteroatoms. The molecule has 0 bridgehead atoms. The van der Waals surface area contributed by atoms with Gasteiger partial charge in [0.2, 0.25) is 10.0 Å². The third-order valence-corrected chi connectivity index (χ3v) is 6.83. The molecule has 0 heterocycles. The third-order valence-electron chi connectivity index (χ3n) is 6.24. The average Bonchev–Trinajstić information content (AvgIpc) is 2.93. The topological polar surface area (TPSA) is 67.9 Å². The van der Waals surface area contributed by atoms with Gasteiger partial charge in [-0.05, 0) is 66.4 Å². The van der Waals surface area contributed by atoms with Crippen molar-refractivity contribution in [1.29, 1.82) is 0 Å². The van der Waals surface area contributed by atoms with Crippen LogP contribution in [0.3, 0.4) is 0 Å². The Balaban J connectivity index is 1.51. The molecule has 4 rings (SSSR count). The molecular formula is C33H36N2O4S. The molecule has 6 nitrogen and oxygen atoms in total. The monoisotopic (exact) mass is 556 g/mol. The second kappa shape index (κ2) is 13.7. The average molecular weight is 557 g/mol. The van der Waals surface area contributed by atoms with Crippen LogP contribution in [-0.4, -0.2) is 21.3 Å². The van der Waals surface area contributed by atoms with E-state index in [1.807, 2.05) is 79.7 Å². The van der Waals surface area contributed by atoms with Gasteiger partial charge in [-0.25, -0.2) is 8.42 Å². The highest BCUT2D eigenvalue weighted by Gasteiger charge is 2.15. The maximum Gasteiger partial charge on any atom is 0.229 e. The molecule has 40 heavy (non-hydrogen) atoms. The van der Waals surface area contributed by atoms with Crippen molar-refractivity contribution in [2.24, 2.45) is 0 Å². The largest absolute Gasteiger partial charge is 0.489 e. The first kappa shape index (κ1) is 28.8. The molecule has 0 aliphatic heterocycles. The summed E-state index contributed by atoms with van der Waals surface area (Å²) in [4.78, 5) is 2.25. The lowest BCUT2D eigenvalue weighted by atomic mass is 10.1. The Kier molecular flexibility index (Phi) is 9.86. The van der Waals surface area contributed by atoms with Crippen molar-refractivity contribution in [1.82, 2.24) is 0 Å². The molecule has 4 aromatic rings. The summed E-state index contributed by atoms with van der Waals surface area (Å²) in [6.45, 7) is 5.86. The van der Waals surface area contributed by atoms with E-state index >= 15 is 0 Å². The minimum Gasteiger partial charge on any atom is -0.489 e. The van der Waals surface area contributed by atoms with Crippen molar-refractivity contribution >= 4 is 21.4 Å². The zero-order chi connectivity index (χ0) is 28.4. The second-order valence-electron chi connectivity index (χ2n) is 9.58. The number of nitrogens with zero attached hydrogens (tertiary/aromatic N) is 1. The molecule has 0 fully saturated rings. The van der Waals surface area contributed by atoms with Crippen molar-refractivity contribution in [2.75, 3.05) is 22.5 Å². The summed E-state index contributed by atoms with van der Waals surface area (Å²) in [7, 11) is -3.39. The molecule has 0 aliphatic carbocycles. The fourth-order valence-corrected chi connectivity index (χ4v) is 4.95. The van der Waals surface area contributed by atoms with Crippen LogP contribution in [0.15, 0.2) is 109 Å². The van der Waals surface area contributed by atoms with E-state index < -0.39 is 10.0 Å². The third kappa shape index (κ3) is 8.64. The molecule has 0 radical (unpaired) electrons. The highest BCUT2D eigenvalue weighted by molar-refractivity contribution is 7.92. The van der Waals surface area contributed by atoms with Crippen LogP contribution in [0.5, 0.6) is 17.2 Å². The van der Waals surface area contributed by atoms with Crippen LogP contribution in [0.2, 0.25) is 0 Å². The number of anilines is 2. The summed E-state index contributed by atoms with van der Waals surface area (Å²) in [5.41, 5.74) is 4.67. The number of rotatable bonds is 13. The van der Waals surface area contributed by atoms with Gasteiger partial charge in [0, 0.05) is 24.8 Å². The van der Waals surface area contributed by atoms with Gasteiger partial charge in [-0.3, -0.25) is 4.72 Å². The molecule has 0 amide bonds. The molecule has 0 aliphatic rings. The second-order valence-corrected chi connectivity index (χ2v) is 11.3. The van der Waals surface area contributed by atoms with E-state index in [0.29, 0.717) is 31.1 Å². The number of nitrogens with one attached hydrogen (secondary N) is 1. The van der Waals surface area contributed by atoms with E-state index in [2.05, 4.69) is 46.9 Å². The standard InChI is InChI=1S/C33H36N2O4S/c1-4-5-9-22-38-30-14-10-15-31(23-30)39-29-20-18-28(19-21-29)25-35(24-27-12-7-6-8-13-27)33-17-11-16-32(26(33)2)34-40(3,36)37/h5-21,23,34H,4,22,24-25H2,1-3H3. The van der Waals surface area contributed by atoms with E-state index in [0.717, 1.165) is 40.3 Å². The molecule has 0 aromatic heterocycles. The first-order valence-corrected chi connectivity index (χ1v) is 15.2. The fraction of sp³-hybridized carbons (Fsp3) is 0.212. The van der Waals surface area contributed by atoms with E-state index in [-0.39, 0.29) is 0 Å². The van der Waals surface area contributed by atoms with Gasteiger partial charge in [0.1, 0.15) is 23.9 Å². The van der Waals surface area contributed by atoms with Gasteiger partial charge in [-0.15, -0.1) is 0 Å². The minimum absolute atomic E-state index is 0.526. The van der Waals surface area contributed by atoms with Crippen molar-refractivity contribution in [3.05, 3.63) is 126 Å². The first-order chi connectivity index (χ1) is 19.3. The SMILES string of the molecule is CCC=CCOc1cccc(Oc2ccc(CN(Cc3ccccc3)c3cccc(NS(C)(=O)=O)c3C)cc2)c1. The molecule has 0 unspecified atom stereocenters. The Bertz CT molecular complexity index is 1520. The molecule has 0 saturated heterocycles. The van der Waals surface area contributed by atoms with Crippen LogP contribution in [0, 0.1) is 6.92 Å². The molecule has 4 aromatic carbocycles. The summed E-state index contributed by atoms with van der Waals surface area (Å²) in [5.74, 6) is 2.20. The zero-order valence-corrected chi connectivity index (χ0v) is 24.0. The molecule has 1 N–H and O–H groups in total. The number of hydrogen-bond donors (Lipinski definition) is 1. The smallest absolute Gasteiger partial charge is 0.229 e. The van der Waals surface area contributed by atoms with Crippen molar-refractivity contribution in [2.45, 2.75) is 33.4 Å². The minimum atomic E-state index is -3.39. The van der Waals surface area contributed by atoms with Gasteiger partial charge >= 0.3 is 0 Å². The zero-order valence-electron chi connectivity index (χ0n) is 23.2.